The Morgan fingerprint density at radius 3 is 2.66 bits per heavy atom. The minimum absolute atomic E-state index is 0.294. The van der Waals surface area contributed by atoms with Crippen molar-refractivity contribution in [3.05, 3.63) is 113 Å². The van der Waals surface area contributed by atoms with Gasteiger partial charge in [-0.2, -0.15) is 5.26 Å². The van der Waals surface area contributed by atoms with Gasteiger partial charge in [-0.1, -0.05) is 42.5 Å². The number of hydrogen-bond acceptors (Lipinski definition) is 5. The Morgan fingerprint density at radius 1 is 1.09 bits per heavy atom. The molecule has 0 radical (unpaired) electrons. The quantitative estimate of drug-likeness (QED) is 0.391. The number of carbonyl (C=O) groups excluding carboxylic acids is 1. The molecule has 35 heavy (non-hydrogen) atoms. The van der Waals surface area contributed by atoms with Gasteiger partial charge in [0.15, 0.2) is 0 Å². The maximum atomic E-state index is 13.6. The molecule has 2 aromatic heterocycles. The maximum Gasteiger partial charge on any atom is 0.229 e. The highest BCUT2D eigenvalue weighted by atomic mass is 19.1. The Labute approximate surface area is 203 Å². The molecule has 174 valence electrons. The van der Waals surface area contributed by atoms with Gasteiger partial charge in [0.05, 0.1) is 23.2 Å². The Kier molecular flexibility index (Phi) is 7.12. The zero-order chi connectivity index (χ0) is 24.8. The standard InChI is InChI=1S/C28H24FN5O/c1-18-22(10-5-14-32-18)26(27(31)35)24-11-12-25(23-9-3-2-7-20(23)17-30)34-28(24)33-15-13-19-6-4-8-21(29)16-19/h2-12,14,16,26H,13,15H2,1H3,(H2,31,35)(H,33,34). The topological polar surface area (TPSA) is 105 Å². The van der Waals surface area contributed by atoms with Crippen LogP contribution in [0.2, 0.25) is 0 Å². The van der Waals surface area contributed by atoms with Crippen molar-refractivity contribution in [3.8, 4) is 17.3 Å². The molecule has 1 unspecified atom stereocenters. The van der Waals surface area contributed by atoms with E-state index >= 15 is 0 Å². The van der Waals surface area contributed by atoms with Crippen LogP contribution < -0.4 is 11.1 Å². The van der Waals surface area contributed by atoms with Crippen LogP contribution in [0.25, 0.3) is 11.3 Å². The number of nitrogens with zero attached hydrogens (tertiary/aromatic N) is 3. The van der Waals surface area contributed by atoms with Crippen LogP contribution in [-0.4, -0.2) is 22.4 Å². The summed E-state index contributed by atoms with van der Waals surface area (Å²) in [4.78, 5) is 21.8. The summed E-state index contributed by atoms with van der Waals surface area (Å²) in [6.45, 7) is 2.28. The third-order valence-corrected chi connectivity index (χ3v) is 5.80. The van der Waals surface area contributed by atoms with Gasteiger partial charge in [0, 0.05) is 29.6 Å². The lowest BCUT2D eigenvalue weighted by Gasteiger charge is -2.20. The lowest BCUT2D eigenvalue weighted by atomic mass is 9.89. The molecule has 2 aromatic carbocycles. The first-order chi connectivity index (χ1) is 17.0. The van der Waals surface area contributed by atoms with Crippen LogP contribution in [0.15, 0.2) is 79.0 Å². The molecule has 7 heteroatoms. The fourth-order valence-electron chi connectivity index (χ4n) is 4.09. The number of amides is 1. The van der Waals surface area contributed by atoms with Crippen molar-refractivity contribution in [2.24, 2.45) is 5.73 Å². The van der Waals surface area contributed by atoms with Crippen molar-refractivity contribution < 1.29 is 9.18 Å². The van der Waals surface area contributed by atoms with E-state index in [-0.39, 0.29) is 5.82 Å². The molecule has 2 heterocycles. The summed E-state index contributed by atoms with van der Waals surface area (Å²) in [6.07, 6.45) is 2.21. The first-order valence-corrected chi connectivity index (χ1v) is 11.2. The smallest absolute Gasteiger partial charge is 0.229 e. The molecule has 0 spiro atoms. The van der Waals surface area contributed by atoms with Gasteiger partial charge in [0.1, 0.15) is 11.6 Å². The molecule has 0 bridgehead atoms. The molecular weight excluding hydrogens is 441 g/mol. The fraction of sp³-hybridized carbons (Fsp3) is 0.143. The molecule has 1 amide bonds. The van der Waals surface area contributed by atoms with E-state index in [1.807, 2.05) is 37.3 Å². The summed E-state index contributed by atoms with van der Waals surface area (Å²) >= 11 is 0. The number of hydrogen-bond donors (Lipinski definition) is 2. The lowest BCUT2D eigenvalue weighted by molar-refractivity contribution is -0.118. The monoisotopic (exact) mass is 465 g/mol. The van der Waals surface area contributed by atoms with Crippen LogP contribution in [0.3, 0.4) is 0 Å². The number of pyridine rings is 2. The van der Waals surface area contributed by atoms with Crippen LogP contribution >= 0.6 is 0 Å². The summed E-state index contributed by atoms with van der Waals surface area (Å²) in [5.74, 6) is -1.12. The van der Waals surface area contributed by atoms with Crippen LogP contribution in [0, 0.1) is 24.1 Å². The second-order valence-corrected chi connectivity index (χ2v) is 8.11. The SMILES string of the molecule is Cc1ncccc1C(C(N)=O)c1ccc(-c2ccccc2C#N)nc1NCCc1cccc(F)c1. The number of rotatable bonds is 8. The largest absolute Gasteiger partial charge is 0.369 e. The van der Waals surface area contributed by atoms with E-state index in [1.165, 1.54) is 12.1 Å². The van der Waals surface area contributed by atoms with Crippen molar-refractivity contribution in [1.29, 1.82) is 5.26 Å². The first kappa shape index (κ1) is 23.6. The fourth-order valence-corrected chi connectivity index (χ4v) is 4.09. The number of aromatic nitrogens is 2. The van der Waals surface area contributed by atoms with Crippen molar-refractivity contribution >= 4 is 11.7 Å². The van der Waals surface area contributed by atoms with E-state index < -0.39 is 11.8 Å². The molecule has 4 aromatic rings. The van der Waals surface area contributed by atoms with E-state index in [2.05, 4.69) is 16.4 Å². The number of nitrogens with two attached hydrogens (primary N) is 1. The second-order valence-electron chi connectivity index (χ2n) is 8.11. The molecule has 0 saturated heterocycles. The predicted octanol–water partition coefficient (Wildman–Crippen LogP) is 4.73. The maximum absolute atomic E-state index is 13.6. The summed E-state index contributed by atoms with van der Waals surface area (Å²) in [5.41, 5.74) is 10.5. The zero-order valence-electron chi connectivity index (χ0n) is 19.2. The van der Waals surface area contributed by atoms with Crippen LogP contribution in [0.4, 0.5) is 10.2 Å². The zero-order valence-corrected chi connectivity index (χ0v) is 19.2. The Bertz CT molecular complexity index is 1410. The average Bonchev–Trinajstić information content (AvgIpc) is 2.86. The number of halogens is 1. The van der Waals surface area contributed by atoms with E-state index in [1.54, 1.807) is 36.5 Å². The van der Waals surface area contributed by atoms with Gasteiger partial charge in [-0.25, -0.2) is 9.37 Å². The van der Waals surface area contributed by atoms with Gasteiger partial charge < -0.3 is 11.1 Å². The normalized spacial score (nSPS) is 11.5. The lowest BCUT2D eigenvalue weighted by Crippen LogP contribution is -2.25. The number of nitrogens with one attached hydrogen (secondary N) is 1. The molecule has 0 aliphatic rings. The summed E-state index contributed by atoms with van der Waals surface area (Å²) in [6, 6.07) is 23.0. The van der Waals surface area contributed by atoms with Crippen LogP contribution in [0.1, 0.15) is 33.9 Å². The van der Waals surface area contributed by atoms with E-state index in [4.69, 9.17) is 10.7 Å². The molecule has 0 aliphatic heterocycles. The average molecular weight is 466 g/mol. The van der Waals surface area contributed by atoms with Gasteiger partial charge >= 0.3 is 0 Å². The van der Waals surface area contributed by atoms with Crippen LogP contribution in [-0.2, 0) is 11.2 Å². The number of nitriles is 1. The summed E-state index contributed by atoms with van der Waals surface area (Å²) in [7, 11) is 0. The number of carbonyl (C=O) groups is 1. The van der Waals surface area contributed by atoms with Gasteiger partial charge in [0.2, 0.25) is 5.91 Å². The second kappa shape index (κ2) is 10.6. The molecule has 1 atom stereocenters. The van der Waals surface area contributed by atoms with Gasteiger partial charge in [-0.05, 0) is 54.8 Å². The van der Waals surface area contributed by atoms with Crippen molar-refractivity contribution in [2.45, 2.75) is 19.3 Å². The number of primary amides is 1. The number of benzene rings is 2. The molecule has 6 nitrogen and oxygen atoms in total. The van der Waals surface area contributed by atoms with Gasteiger partial charge in [0.25, 0.3) is 0 Å². The summed E-state index contributed by atoms with van der Waals surface area (Å²) in [5, 5.41) is 12.9. The molecule has 3 N–H and O–H groups in total. The van der Waals surface area contributed by atoms with Crippen molar-refractivity contribution in [1.82, 2.24) is 9.97 Å². The highest BCUT2D eigenvalue weighted by Crippen LogP contribution is 2.33. The summed E-state index contributed by atoms with van der Waals surface area (Å²) < 4.78 is 13.6. The van der Waals surface area contributed by atoms with Gasteiger partial charge in [-0.3, -0.25) is 9.78 Å². The number of aryl methyl sites for hydroxylation is 1. The minimum atomic E-state index is -0.770. The van der Waals surface area contributed by atoms with E-state index in [9.17, 15) is 14.4 Å². The minimum Gasteiger partial charge on any atom is -0.369 e. The van der Waals surface area contributed by atoms with Gasteiger partial charge in [-0.15, -0.1) is 0 Å². The van der Waals surface area contributed by atoms with Crippen LogP contribution in [0.5, 0.6) is 0 Å². The third kappa shape index (κ3) is 5.33. The Morgan fingerprint density at radius 2 is 1.91 bits per heavy atom. The highest BCUT2D eigenvalue weighted by molar-refractivity contribution is 5.88. The molecule has 0 fully saturated rings. The Hall–Kier alpha value is -4.57. The molecule has 0 aliphatic carbocycles. The van der Waals surface area contributed by atoms with E-state index in [0.29, 0.717) is 52.4 Å². The van der Waals surface area contributed by atoms with E-state index in [0.717, 1.165) is 5.56 Å². The molecule has 0 saturated carbocycles. The first-order valence-electron chi connectivity index (χ1n) is 11.2. The van der Waals surface area contributed by atoms with Crippen molar-refractivity contribution in [2.75, 3.05) is 11.9 Å². The molecule has 4 rings (SSSR count). The highest BCUT2D eigenvalue weighted by Gasteiger charge is 2.26. The third-order valence-electron chi connectivity index (χ3n) is 5.80. The number of anilines is 1. The predicted molar refractivity (Wildman–Crippen MR) is 133 cm³/mol. The Balaban J connectivity index is 1.76. The van der Waals surface area contributed by atoms with Crippen molar-refractivity contribution in [3.63, 3.8) is 0 Å². The molecular formula is C28H24FN5O.